The van der Waals surface area contributed by atoms with Gasteiger partial charge in [-0.05, 0) is 24.1 Å². The minimum Gasteiger partial charge on any atom is -0.377 e. The van der Waals surface area contributed by atoms with Crippen molar-refractivity contribution in [1.29, 1.82) is 0 Å². The van der Waals surface area contributed by atoms with Gasteiger partial charge in [0.25, 0.3) is 0 Å². The average molecular weight is 243 g/mol. The molecule has 1 rings (SSSR count). The largest absolute Gasteiger partial charge is 0.500 e. The first-order valence-electron chi connectivity index (χ1n) is 5.05. The number of aryl methyl sites for hydroxylation is 1. The molecule has 90 valence electrons. The molecule has 1 aromatic heterocycles. The molecule has 0 unspecified atom stereocenters. The van der Waals surface area contributed by atoms with Crippen LogP contribution in [0.3, 0.4) is 0 Å². The summed E-state index contributed by atoms with van der Waals surface area (Å²) < 4.78 is 16.0. The third-order valence-electron chi connectivity index (χ3n) is 2.41. The van der Waals surface area contributed by atoms with E-state index in [9.17, 15) is 0 Å². The zero-order valence-corrected chi connectivity index (χ0v) is 10.8. The fourth-order valence-electron chi connectivity index (χ4n) is 1.44. The Hall–Kier alpha value is -0.893. The summed E-state index contributed by atoms with van der Waals surface area (Å²) in [6.45, 7) is 0. The van der Waals surface area contributed by atoms with Crippen molar-refractivity contribution < 1.29 is 13.3 Å². The van der Waals surface area contributed by atoms with Gasteiger partial charge in [-0.2, -0.15) is 0 Å². The van der Waals surface area contributed by atoms with Gasteiger partial charge in [-0.15, -0.1) is 10.2 Å². The van der Waals surface area contributed by atoms with Gasteiger partial charge in [0.15, 0.2) is 0 Å². The summed E-state index contributed by atoms with van der Waals surface area (Å²) >= 11 is 0. The van der Waals surface area contributed by atoms with Crippen LogP contribution in [0, 0.1) is 0 Å². The summed E-state index contributed by atoms with van der Waals surface area (Å²) in [4.78, 5) is 0. The highest BCUT2D eigenvalue weighted by Gasteiger charge is 2.36. The molecule has 0 N–H and O–H groups in total. The molecule has 6 nitrogen and oxygen atoms in total. The third-order valence-corrected chi connectivity index (χ3v) is 5.24. The summed E-state index contributed by atoms with van der Waals surface area (Å²) in [7, 11) is 2.41. The van der Waals surface area contributed by atoms with E-state index in [1.54, 1.807) is 27.5 Å². The van der Waals surface area contributed by atoms with Crippen LogP contribution in [0.2, 0.25) is 6.04 Å². The molecule has 1 heterocycles. The molecule has 0 spiro atoms. The maximum absolute atomic E-state index is 5.32. The second-order valence-corrected chi connectivity index (χ2v) is 6.35. The molecule has 0 aliphatic rings. The van der Waals surface area contributed by atoms with E-state index >= 15 is 0 Å². The molecule has 1 aromatic rings. The molecule has 0 saturated carbocycles. The molecule has 7 heteroatoms. The lowest BCUT2D eigenvalue weighted by Crippen LogP contribution is -2.42. The van der Waals surface area contributed by atoms with Crippen molar-refractivity contribution in [1.82, 2.24) is 15.4 Å². The van der Waals surface area contributed by atoms with Gasteiger partial charge in [0, 0.05) is 27.4 Å². The quantitative estimate of drug-likeness (QED) is 0.656. The Morgan fingerprint density at radius 3 is 2.38 bits per heavy atom. The lowest BCUT2D eigenvalue weighted by Gasteiger charge is -2.24. The van der Waals surface area contributed by atoms with Gasteiger partial charge in [-0.1, -0.05) is 0 Å². The Morgan fingerprint density at radius 1 is 1.19 bits per heavy atom. The van der Waals surface area contributed by atoms with Crippen molar-refractivity contribution in [3.63, 3.8) is 0 Å². The molecule has 0 radical (unpaired) electrons. The second kappa shape index (κ2) is 6.64. The summed E-state index contributed by atoms with van der Waals surface area (Å²) in [6.07, 6.45) is 3.34. The second-order valence-electron chi connectivity index (χ2n) is 3.26. The SMILES string of the molecule is CO[Si](CCCc1ccnnn1)(OC)OC. The van der Waals surface area contributed by atoms with Gasteiger partial charge in [-0.3, -0.25) is 0 Å². The normalized spacial score (nSPS) is 11.7. The van der Waals surface area contributed by atoms with Crippen LogP contribution < -0.4 is 0 Å². The van der Waals surface area contributed by atoms with Crippen LogP contribution in [0.1, 0.15) is 12.1 Å². The van der Waals surface area contributed by atoms with Crippen molar-refractivity contribution >= 4 is 8.80 Å². The van der Waals surface area contributed by atoms with Crippen molar-refractivity contribution in [2.75, 3.05) is 21.3 Å². The molecule has 16 heavy (non-hydrogen) atoms. The fourth-order valence-corrected chi connectivity index (χ4v) is 3.16. The van der Waals surface area contributed by atoms with E-state index in [1.165, 1.54) is 0 Å². The summed E-state index contributed by atoms with van der Waals surface area (Å²) in [5.74, 6) is 0. The minimum atomic E-state index is -2.44. The Bertz CT molecular complexity index is 287. The van der Waals surface area contributed by atoms with Gasteiger partial charge in [-0.25, -0.2) is 0 Å². The molecule has 0 amide bonds. The van der Waals surface area contributed by atoms with Crippen LogP contribution in [0.15, 0.2) is 12.3 Å². The molecule has 0 fully saturated rings. The Kier molecular flexibility index (Phi) is 5.47. The van der Waals surface area contributed by atoms with Gasteiger partial charge < -0.3 is 13.3 Å². The minimum absolute atomic E-state index is 0.764. The van der Waals surface area contributed by atoms with Crippen molar-refractivity contribution in [2.45, 2.75) is 18.9 Å². The van der Waals surface area contributed by atoms with Gasteiger partial charge in [0.2, 0.25) is 0 Å². The van der Waals surface area contributed by atoms with Crippen molar-refractivity contribution in [3.05, 3.63) is 18.0 Å². The number of nitrogens with zero attached hydrogens (tertiary/aromatic N) is 3. The number of aromatic nitrogens is 3. The predicted octanol–water partition coefficient (Wildman–Crippen LogP) is 0.682. The van der Waals surface area contributed by atoms with Crippen LogP contribution in [-0.2, 0) is 19.7 Å². The first kappa shape index (κ1) is 13.2. The molecule has 0 bridgehead atoms. The van der Waals surface area contributed by atoms with E-state index in [-0.39, 0.29) is 0 Å². The highest BCUT2D eigenvalue weighted by molar-refractivity contribution is 6.60. The number of hydrogen-bond acceptors (Lipinski definition) is 6. The van der Waals surface area contributed by atoms with E-state index in [0.717, 1.165) is 24.6 Å². The number of rotatable bonds is 7. The summed E-state index contributed by atoms with van der Waals surface area (Å²) in [5, 5.41) is 11.1. The molecule has 0 aromatic carbocycles. The van der Waals surface area contributed by atoms with Gasteiger partial charge in [0.1, 0.15) is 0 Å². The zero-order valence-electron chi connectivity index (χ0n) is 9.84. The molecule has 0 saturated heterocycles. The first-order valence-corrected chi connectivity index (χ1v) is 6.98. The van der Waals surface area contributed by atoms with Gasteiger partial charge in [0.05, 0.1) is 11.9 Å². The Morgan fingerprint density at radius 2 is 1.88 bits per heavy atom. The topological polar surface area (TPSA) is 66.4 Å². The van der Waals surface area contributed by atoms with E-state index in [4.69, 9.17) is 13.3 Å². The number of hydrogen-bond donors (Lipinski definition) is 0. The van der Waals surface area contributed by atoms with Crippen LogP contribution in [0.5, 0.6) is 0 Å². The van der Waals surface area contributed by atoms with Crippen LogP contribution in [0.25, 0.3) is 0 Å². The molecule has 0 aliphatic heterocycles. The Labute approximate surface area is 96.3 Å². The molecule has 0 aliphatic carbocycles. The van der Waals surface area contributed by atoms with Crippen LogP contribution in [-0.4, -0.2) is 45.5 Å². The van der Waals surface area contributed by atoms with Crippen molar-refractivity contribution in [2.24, 2.45) is 0 Å². The molecular weight excluding hydrogens is 226 g/mol. The van der Waals surface area contributed by atoms with E-state index in [0.29, 0.717) is 0 Å². The van der Waals surface area contributed by atoms with Gasteiger partial charge >= 0.3 is 8.80 Å². The summed E-state index contributed by atoms with van der Waals surface area (Å²) in [5.41, 5.74) is 0.918. The first-order chi connectivity index (χ1) is 7.76. The molecular formula is C9H17N3O3Si. The standard InChI is InChI=1S/C9H17N3O3Si/c1-13-16(14-2,15-3)8-4-5-9-6-7-10-12-11-9/h6-7H,4-5,8H2,1-3H3. The van der Waals surface area contributed by atoms with E-state index < -0.39 is 8.80 Å². The monoisotopic (exact) mass is 243 g/mol. The smallest absolute Gasteiger partial charge is 0.377 e. The fraction of sp³-hybridized carbons (Fsp3) is 0.667. The maximum atomic E-state index is 5.32. The third kappa shape index (κ3) is 3.60. The molecule has 0 atom stereocenters. The maximum Gasteiger partial charge on any atom is 0.500 e. The highest BCUT2D eigenvalue weighted by Crippen LogP contribution is 2.16. The van der Waals surface area contributed by atoms with E-state index in [2.05, 4.69) is 15.4 Å². The summed E-state index contributed by atoms with van der Waals surface area (Å²) in [6, 6.07) is 2.61. The lowest BCUT2D eigenvalue weighted by molar-refractivity contribution is 0.123. The van der Waals surface area contributed by atoms with E-state index in [1.807, 2.05) is 6.07 Å². The average Bonchev–Trinajstić information content (AvgIpc) is 2.37. The van der Waals surface area contributed by atoms with Crippen molar-refractivity contribution in [3.8, 4) is 0 Å². The highest BCUT2D eigenvalue weighted by atomic mass is 28.4. The lowest BCUT2D eigenvalue weighted by atomic mass is 10.2. The predicted molar refractivity (Wildman–Crippen MR) is 59.7 cm³/mol. The van der Waals surface area contributed by atoms with Crippen LogP contribution >= 0.6 is 0 Å². The van der Waals surface area contributed by atoms with Crippen LogP contribution in [0.4, 0.5) is 0 Å². The Balaban J connectivity index is 2.39. The zero-order chi connectivity index (χ0) is 11.9.